The summed E-state index contributed by atoms with van der Waals surface area (Å²) < 4.78 is 0. The molecular formula is C10H15NO. The predicted octanol–water partition coefficient (Wildman–Crippen LogP) is 2.44. The van der Waals surface area contributed by atoms with Gasteiger partial charge in [-0.15, -0.1) is 0 Å². The number of hydrogen-bond acceptors (Lipinski definition) is 2. The molecule has 1 aliphatic carbocycles. The van der Waals surface area contributed by atoms with Crippen LogP contribution in [0.3, 0.4) is 0 Å². The van der Waals surface area contributed by atoms with Crippen LogP contribution in [0.2, 0.25) is 0 Å². The average Bonchev–Trinajstić information content (AvgIpc) is 2.06. The van der Waals surface area contributed by atoms with Crippen LogP contribution in [0.4, 0.5) is 0 Å². The van der Waals surface area contributed by atoms with Gasteiger partial charge in [0.1, 0.15) is 5.78 Å². The Hall–Kier alpha value is -0.840. The molecule has 0 aliphatic heterocycles. The van der Waals surface area contributed by atoms with E-state index >= 15 is 0 Å². The Kier molecular flexibility index (Phi) is 3.79. The smallest absolute Gasteiger partial charge is 0.147 e. The largest absolute Gasteiger partial charge is 0.299 e. The van der Waals surface area contributed by atoms with Crippen LogP contribution in [0.25, 0.3) is 0 Å². The zero-order valence-corrected chi connectivity index (χ0v) is 7.38. The highest BCUT2D eigenvalue weighted by Crippen LogP contribution is 2.26. The lowest BCUT2D eigenvalue weighted by molar-refractivity contribution is -0.119. The van der Waals surface area contributed by atoms with E-state index in [4.69, 9.17) is 5.26 Å². The van der Waals surface area contributed by atoms with Gasteiger partial charge in [-0.3, -0.25) is 4.79 Å². The zero-order chi connectivity index (χ0) is 8.81. The second-order valence-corrected chi connectivity index (χ2v) is 3.58. The number of nitrogens with zero attached hydrogens (tertiary/aromatic N) is 1. The number of carbonyl (C=O) groups is 1. The molecule has 0 aromatic carbocycles. The Morgan fingerprint density at radius 3 is 2.58 bits per heavy atom. The molecule has 12 heavy (non-hydrogen) atoms. The number of nitriles is 1. The lowest BCUT2D eigenvalue weighted by Gasteiger charge is -2.19. The molecule has 0 bridgehead atoms. The number of rotatable bonds is 3. The summed E-state index contributed by atoms with van der Waals surface area (Å²) in [5.41, 5.74) is 0. The fraction of sp³-hybridized carbons (Fsp3) is 0.800. The molecule has 0 radical (unpaired) electrons. The van der Waals surface area contributed by atoms with Crippen LogP contribution in [0.5, 0.6) is 0 Å². The van der Waals surface area contributed by atoms with E-state index in [9.17, 15) is 4.79 Å². The first-order valence-corrected chi connectivity index (χ1v) is 4.71. The van der Waals surface area contributed by atoms with Crippen LogP contribution in [0.15, 0.2) is 0 Å². The third-order valence-electron chi connectivity index (χ3n) is 2.52. The molecule has 0 N–H and O–H groups in total. The average molecular weight is 165 g/mol. The van der Waals surface area contributed by atoms with Gasteiger partial charge in [-0.25, -0.2) is 0 Å². The van der Waals surface area contributed by atoms with Crippen molar-refractivity contribution in [1.29, 1.82) is 5.26 Å². The summed E-state index contributed by atoms with van der Waals surface area (Å²) in [6.07, 6.45) is 7.00. The summed E-state index contributed by atoms with van der Waals surface area (Å²) in [6.45, 7) is 0. The van der Waals surface area contributed by atoms with Gasteiger partial charge in [-0.1, -0.05) is 32.1 Å². The minimum absolute atomic E-state index is 0.108. The lowest BCUT2D eigenvalue weighted by atomic mass is 9.85. The quantitative estimate of drug-likeness (QED) is 0.644. The van der Waals surface area contributed by atoms with Gasteiger partial charge < -0.3 is 0 Å². The highest BCUT2D eigenvalue weighted by molar-refractivity contribution is 5.80. The Morgan fingerprint density at radius 1 is 1.33 bits per heavy atom. The van der Waals surface area contributed by atoms with Crippen LogP contribution in [-0.2, 0) is 4.79 Å². The second-order valence-electron chi connectivity index (χ2n) is 3.58. The molecule has 66 valence electrons. The molecule has 1 aliphatic rings. The molecule has 0 aromatic heterocycles. The monoisotopic (exact) mass is 165 g/mol. The lowest BCUT2D eigenvalue weighted by Crippen LogP contribution is -2.11. The van der Waals surface area contributed by atoms with Crippen molar-refractivity contribution in [2.45, 2.75) is 44.9 Å². The molecule has 0 aromatic rings. The molecule has 2 nitrogen and oxygen atoms in total. The fourth-order valence-electron chi connectivity index (χ4n) is 1.87. The molecule has 1 saturated carbocycles. The van der Waals surface area contributed by atoms with Gasteiger partial charge in [-0.05, 0) is 5.92 Å². The molecule has 1 rings (SSSR count). The van der Waals surface area contributed by atoms with Gasteiger partial charge in [0.15, 0.2) is 0 Å². The first kappa shape index (κ1) is 9.25. The van der Waals surface area contributed by atoms with Crippen molar-refractivity contribution in [3.8, 4) is 6.07 Å². The number of Topliss-reactive ketones (excluding diaryl/α,β-unsaturated/α-hetero) is 1. The SMILES string of the molecule is N#CCC(=O)CC1CCCCC1. The molecule has 0 heterocycles. The van der Waals surface area contributed by atoms with Gasteiger partial charge in [-0.2, -0.15) is 5.26 Å². The van der Waals surface area contributed by atoms with E-state index in [-0.39, 0.29) is 12.2 Å². The van der Waals surface area contributed by atoms with E-state index in [1.807, 2.05) is 6.07 Å². The Balaban J connectivity index is 2.21. The first-order chi connectivity index (χ1) is 5.83. The van der Waals surface area contributed by atoms with E-state index in [1.54, 1.807) is 0 Å². The van der Waals surface area contributed by atoms with Crippen molar-refractivity contribution < 1.29 is 4.79 Å². The van der Waals surface area contributed by atoms with Gasteiger partial charge >= 0.3 is 0 Å². The Labute approximate surface area is 73.6 Å². The standard InChI is InChI=1S/C10H15NO/c11-7-6-10(12)8-9-4-2-1-3-5-9/h9H,1-6,8H2. The summed E-state index contributed by atoms with van der Waals surface area (Å²) in [5, 5.41) is 8.30. The van der Waals surface area contributed by atoms with Crippen molar-refractivity contribution in [1.82, 2.24) is 0 Å². The number of carbonyl (C=O) groups excluding carboxylic acids is 1. The summed E-state index contributed by atoms with van der Waals surface area (Å²) in [6, 6.07) is 1.91. The summed E-state index contributed by atoms with van der Waals surface area (Å²) in [5.74, 6) is 0.712. The van der Waals surface area contributed by atoms with Crippen molar-refractivity contribution in [2.24, 2.45) is 5.92 Å². The van der Waals surface area contributed by atoms with Crippen molar-refractivity contribution >= 4 is 5.78 Å². The molecular weight excluding hydrogens is 150 g/mol. The molecule has 2 heteroatoms. The summed E-state index contributed by atoms with van der Waals surface area (Å²) >= 11 is 0. The molecule has 0 amide bonds. The first-order valence-electron chi connectivity index (χ1n) is 4.71. The van der Waals surface area contributed by atoms with Crippen LogP contribution in [0, 0.1) is 17.2 Å². The van der Waals surface area contributed by atoms with Gasteiger partial charge in [0.2, 0.25) is 0 Å². The number of hydrogen-bond donors (Lipinski definition) is 0. The van der Waals surface area contributed by atoms with Crippen molar-refractivity contribution in [3.63, 3.8) is 0 Å². The van der Waals surface area contributed by atoms with E-state index in [0.717, 1.165) is 0 Å². The van der Waals surface area contributed by atoms with Crippen LogP contribution in [-0.4, -0.2) is 5.78 Å². The highest BCUT2D eigenvalue weighted by Gasteiger charge is 2.16. The minimum atomic E-state index is 0.108. The topological polar surface area (TPSA) is 40.9 Å². The predicted molar refractivity (Wildman–Crippen MR) is 46.4 cm³/mol. The second kappa shape index (κ2) is 4.92. The third-order valence-corrected chi connectivity index (χ3v) is 2.52. The van der Waals surface area contributed by atoms with Gasteiger partial charge in [0.05, 0.1) is 12.5 Å². The number of ketones is 1. The van der Waals surface area contributed by atoms with Gasteiger partial charge in [0, 0.05) is 6.42 Å². The van der Waals surface area contributed by atoms with Crippen LogP contribution >= 0.6 is 0 Å². The van der Waals surface area contributed by atoms with Crippen molar-refractivity contribution in [3.05, 3.63) is 0 Å². The van der Waals surface area contributed by atoms with E-state index in [0.29, 0.717) is 12.3 Å². The summed E-state index contributed by atoms with van der Waals surface area (Å²) in [7, 11) is 0. The molecule has 0 unspecified atom stereocenters. The maximum Gasteiger partial charge on any atom is 0.147 e. The fourth-order valence-corrected chi connectivity index (χ4v) is 1.87. The summed E-state index contributed by atoms with van der Waals surface area (Å²) in [4.78, 5) is 11.1. The van der Waals surface area contributed by atoms with E-state index < -0.39 is 0 Å². The van der Waals surface area contributed by atoms with Crippen LogP contribution < -0.4 is 0 Å². The minimum Gasteiger partial charge on any atom is -0.299 e. The molecule has 0 saturated heterocycles. The van der Waals surface area contributed by atoms with Crippen LogP contribution in [0.1, 0.15) is 44.9 Å². The van der Waals surface area contributed by atoms with E-state index in [1.165, 1.54) is 32.1 Å². The Bertz CT molecular complexity index is 187. The molecule has 0 spiro atoms. The molecule has 1 fully saturated rings. The van der Waals surface area contributed by atoms with Gasteiger partial charge in [0.25, 0.3) is 0 Å². The normalized spacial score (nSPS) is 18.6. The maximum atomic E-state index is 11.1. The van der Waals surface area contributed by atoms with E-state index in [2.05, 4.69) is 0 Å². The Morgan fingerprint density at radius 2 is 2.00 bits per heavy atom. The highest BCUT2D eigenvalue weighted by atomic mass is 16.1. The zero-order valence-electron chi connectivity index (χ0n) is 7.38. The molecule has 0 atom stereocenters. The van der Waals surface area contributed by atoms with Crippen molar-refractivity contribution in [2.75, 3.05) is 0 Å². The maximum absolute atomic E-state index is 11.1. The third kappa shape index (κ3) is 3.04.